The van der Waals surface area contributed by atoms with E-state index in [9.17, 15) is 9.59 Å². The molecule has 1 aromatic heterocycles. The first-order valence-electron chi connectivity index (χ1n) is 10.7. The fourth-order valence-corrected chi connectivity index (χ4v) is 3.27. The van der Waals surface area contributed by atoms with Gasteiger partial charge in [0, 0.05) is 6.07 Å². The van der Waals surface area contributed by atoms with Gasteiger partial charge < -0.3 is 18.6 Å². The van der Waals surface area contributed by atoms with Gasteiger partial charge in [-0.05, 0) is 55.3 Å². The normalized spacial score (nSPS) is 10.7. The summed E-state index contributed by atoms with van der Waals surface area (Å²) in [4.78, 5) is 25.0. The Morgan fingerprint density at radius 3 is 2.39 bits per heavy atom. The van der Waals surface area contributed by atoms with E-state index in [1.165, 1.54) is 0 Å². The molecule has 0 aliphatic rings. The van der Waals surface area contributed by atoms with Crippen LogP contribution in [0.1, 0.15) is 35.0 Å². The van der Waals surface area contributed by atoms with Crippen LogP contribution in [0.15, 0.2) is 82.0 Å². The number of rotatable bonds is 8. The summed E-state index contributed by atoms with van der Waals surface area (Å²) in [5.41, 5.74) is 1.60. The average Bonchev–Trinajstić information content (AvgIpc) is 2.84. The lowest BCUT2D eigenvalue weighted by Gasteiger charge is -2.11. The molecular weight excluding hydrogens is 420 g/mol. The lowest BCUT2D eigenvalue weighted by Crippen LogP contribution is -2.08. The lowest BCUT2D eigenvalue weighted by molar-refractivity contribution is 0.0505. The highest BCUT2D eigenvalue weighted by Crippen LogP contribution is 2.28. The lowest BCUT2D eigenvalue weighted by atomic mass is 10.2. The largest absolute Gasteiger partial charge is 0.489 e. The van der Waals surface area contributed by atoms with E-state index in [-0.39, 0.29) is 11.2 Å². The van der Waals surface area contributed by atoms with Crippen LogP contribution in [0.25, 0.3) is 11.0 Å². The third kappa shape index (κ3) is 5.23. The Kier molecular flexibility index (Phi) is 6.74. The van der Waals surface area contributed by atoms with E-state index in [0.29, 0.717) is 47.0 Å². The molecule has 0 bridgehead atoms. The van der Waals surface area contributed by atoms with Crippen LogP contribution in [0, 0.1) is 6.92 Å². The minimum absolute atomic E-state index is 0.0989. The second-order valence-corrected chi connectivity index (χ2v) is 7.51. The van der Waals surface area contributed by atoms with Crippen molar-refractivity contribution in [3.8, 4) is 17.2 Å². The highest BCUT2D eigenvalue weighted by Gasteiger charge is 2.15. The Labute approximate surface area is 191 Å². The van der Waals surface area contributed by atoms with Gasteiger partial charge in [0.25, 0.3) is 0 Å². The van der Waals surface area contributed by atoms with Crippen molar-refractivity contribution in [2.24, 2.45) is 0 Å². The summed E-state index contributed by atoms with van der Waals surface area (Å²) in [6, 6.07) is 21.4. The molecular formula is C27H24O6. The molecule has 0 amide bonds. The Hall–Kier alpha value is -4.06. The van der Waals surface area contributed by atoms with E-state index in [4.69, 9.17) is 18.6 Å². The van der Waals surface area contributed by atoms with Gasteiger partial charge in [-0.25, -0.2) is 4.79 Å². The average molecular weight is 444 g/mol. The van der Waals surface area contributed by atoms with E-state index in [1.54, 1.807) is 49.4 Å². The summed E-state index contributed by atoms with van der Waals surface area (Å²) in [7, 11) is 0. The number of benzene rings is 3. The fraction of sp³-hybridized carbons (Fsp3) is 0.185. The molecule has 4 rings (SSSR count). The zero-order chi connectivity index (χ0) is 23.2. The number of hydrogen-bond donors (Lipinski definition) is 0. The third-order valence-electron chi connectivity index (χ3n) is 4.98. The van der Waals surface area contributed by atoms with Crippen LogP contribution in [0.3, 0.4) is 0 Å². The molecule has 0 saturated heterocycles. The van der Waals surface area contributed by atoms with Gasteiger partial charge in [0.05, 0.1) is 17.6 Å². The smallest absolute Gasteiger partial charge is 0.338 e. The highest BCUT2D eigenvalue weighted by atomic mass is 16.5. The van der Waals surface area contributed by atoms with Crippen molar-refractivity contribution in [1.82, 2.24) is 0 Å². The molecule has 3 aromatic carbocycles. The first-order valence-corrected chi connectivity index (χ1v) is 10.7. The number of fused-ring (bicyclic) bond motifs is 1. The van der Waals surface area contributed by atoms with E-state index < -0.39 is 5.97 Å². The predicted octanol–water partition coefficient (Wildman–Crippen LogP) is 6.04. The van der Waals surface area contributed by atoms with Crippen molar-refractivity contribution < 1.29 is 23.4 Å². The third-order valence-corrected chi connectivity index (χ3v) is 4.98. The highest BCUT2D eigenvalue weighted by molar-refractivity contribution is 5.89. The number of carbonyl (C=O) groups excluding carboxylic acids is 1. The summed E-state index contributed by atoms with van der Waals surface area (Å²) in [6.07, 6.45) is 0.755. The number of esters is 1. The summed E-state index contributed by atoms with van der Waals surface area (Å²) in [5.74, 6) is 1.07. The zero-order valence-electron chi connectivity index (χ0n) is 18.5. The minimum atomic E-state index is -0.393. The molecule has 0 aliphatic carbocycles. The van der Waals surface area contributed by atoms with Gasteiger partial charge in [0.1, 0.15) is 29.4 Å². The second kappa shape index (κ2) is 10.0. The number of hydrogen-bond acceptors (Lipinski definition) is 6. The van der Waals surface area contributed by atoms with Crippen LogP contribution in [0.2, 0.25) is 0 Å². The predicted molar refractivity (Wildman–Crippen MR) is 125 cm³/mol. The van der Waals surface area contributed by atoms with Gasteiger partial charge in [-0.3, -0.25) is 4.79 Å². The topological polar surface area (TPSA) is 75.0 Å². The van der Waals surface area contributed by atoms with Crippen LogP contribution < -0.4 is 14.9 Å². The monoisotopic (exact) mass is 444 g/mol. The fourth-order valence-electron chi connectivity index (χ4n) is 3.27. The van der Waals surface area contributed by atoms with Crippen LogP contribution in [0.4, 0.5) is 0 Å². The number of carbonyl (C=O) groups is 1. The minimum Gasteiger partial charge on any atom is -0.489 e. The van der Waals surface area contributed by atoms with Crippen molar-refractivity contribution in [3.05, 3.63) is 99.9 Å². The Balaban J connectivity index is 1.52. The Morgan fingerprint density at radius 1 is 0.939 bits per heavy atom. The quantitative estimate of drug-likeness (QED) is 0.309. The number of aryl methyl sites for hydroxylation is 1. The number of ether oxygens (including phenoxy) is 3. The first kappa shape index (κ1) is 22.1. The second-order valence-electron chi connectivity index (χ2n) is 7.51. The van der Waals surface area contributed by atoms with Crippen molar-refractivity contribution in [2.45, 2.75) is 26.9 Å². The molecule has 1 heterocycles. The van der Waals surface area contributed by atoms with Gasteiger partial charge in [0.2, 0.25) is 11.2 Å². The Morgan fingerprint density at radius 2 is 1.67 bits per heavy atom. The standard InChI is InChI=1S/C27H24O6/c1-3-15-30-27(29)20-9-11-21(12-10-20)33-26-18(2)32-24-16-22(13-14-23(24)25(26)28)31-17-19-7-5-4-6-8-19/h4-14,16H,3,15,17H2,1-2H3. The molecule has 0 radical (unpaired) electrons. The molecule has 0 saturated carbocycles. The van der Waals surface area contributed by atoms with Gasteiger partial charge in [-0.1, -0.05) is 37.3 Å². The summed E-state index contributed by atoms with van der Waals surface area (Å²) >= 11 is 0. The van der Waals surface area contributed by atoms with Crippen molar-refractivity contribution in [3.63, 3.8) is 0 Å². The molecule has 0 fully saturated rings. The zero-order valence-corrected chi connectivity index (χ0v) is 18.5. The van der Waals surface area contributed by atoms with Crippen LogP contribution >= 0.6 is 0 Å². The molecule has 33 heavy (non-hydrogen) atoms. The van der Waals surface area contributed by atoms with Crippen molar-refractivity contribution in [2.75, 3.05) is 6.61 Å². The molecule has 0 spiro atoms. The molecule has 6 heteroatoms. The van der Waals surface area contributed by atoms with E-state index in [0.717, 1.165) is 12.0 Å². The molecule has 0 aliphatic heterocycles. The molecule has 0 N–H and O–H groups in total. The molecule has 4 aromatic rings. The summed E-state index contributed by atoms with van der Waals surface area (Å²) in [6.45, 7) is 4.39. The molecule has 0 atom stereocenters. The molecule has 6 nitrogen and oxygen atoms in total. The van der Waals surface area contributed by atoms with E-state index in [2.05, 4.69) is 0 Å². The maximum atomic E-state index is 13.0. The van der Waals surface area contributed by atoms with Crippen LogP contribution in [-0.4, -0.2) is 12.6 Å². The van der Waals surface area contributed by atoms with Gasteiger partial charge >= 0.3 is 5.97 Å². The van der Waals surface area contributed by atoms with Crippen LogP contribution in [-0.2, 0) is 11.3 Å². The van der Waals surface area contributed by atoms with Gasteiger partial charge in [-0.2, -0.15) is 0 Å². The molecule has 168 valence electrons. The van der Waals surface area contributed by atoms with Gasteiger partial charge in [-0.15, -0.1) is 0 Å². The SMILES string of the molecule is CCCOC(=O)c1ccc(Oc2c(C)oc3cc(OCc4ccccc4)ccc3c2=O)cc1. The van der Waals surface area contributed by atoms with Crippen LogP contribution in [0.5, 0.6) is 17.2 Å². The maximum Gasteiger partial charge on any atom is 0.338 e. The van der Waals surface area contributed by atoms with Crippen molar-refractivity contribution in [1.29, 1.82) is 0 Å². The van der Waals surface area contributed by atoms with Gasteiger partial charge in [0.15, 0.2) is 0 Å². The summed E-state index contributed by atoms with van der Waals surface area (Å²) in [5, 5.41) is 0.391. The Bertz CT molecular complexity index is 1310. The molecule has 0 unspecified atom stereocenters. The van der Waals surface area contributed by atoms with Crippen molar-refractivity contribution >= 4 is 16.9 Å². The maximum absolute atomic E-state index is 13.0. The van der Waals surface area contributed by atoms with E-state index >= 15 is 0 Å². The van der Waals surface area contributed by atoms with E-state index in [1.807, 2.05) is 37.3 Å². The first-order chi connectivity index (χ1) is 16.0. The summed E-state index contributed by atoms with van der Waals surface area (Å²) < 4.78 is 22.6.